The number of carbonyl (C=O) groups is 2. The second-order valence-corrected chi connectivity index (χ2v) is 11.3. The van der Waals surface area contributed by atoms with Crippen LogP contribution in [0.25, 0.3) is 0 Å². The number of thioether (sulfide) groups is 2. The van der Waals surface area contributed by atoms with E-state index in [1.54, 1.807) is 18.2 Å². The topological polar surface area (TPSA) is 64.6 Å². The van der Waals surface area contributed by atoms with E-state index in [9.17, 15) is 9.59 Å². The van der Waals surface area contributed by atoms with Crippen LogP contribution in [0, 0.1) is 17.8 Å². The lowest BCUT2D eigenvalue weighted by molar-refractivity contribution is -0.154. The van der Waals surface area contributed by atoms with Crippen LogP contribution in [-0.2, 0) is 14.3 Å². The maximum absolute atomic E-state index is 12.7. The van der Waals surface area contributed by atoms with Crippen LogP contribution in [0.4, 0.5) is 5.69 Å². The lowest BCUT2D eigenvalue weighted by Gasteiger charge is -2.51. The van der Waals surface area contributed by atoms with Gasteiger partial charge in [-0.2, -0.15) is 0 Å². The van der Waals surface area contributed by atoms with Crippen molar-refractivity contribution in [2.24, 2.45) is 17.8 Å². The van der Waals surface area contributed by atoms with Crippen LogP contribution in [0.15, 0.2) is 18.2 Å². The van der Waals surface area contributed by atoms with Gasteiger partial charge in [0.1, 0.15) is 5.75 Å². The molecule has 3 atom stereocenters. The number of carbonyl (C=O) groups excluding carboxylic acids is 2. The summed E-state index contributed by atoms with van der Waals surface area (Å²) in [5, 5.41) is 3.12. The summed E-state index contributed by atoms with van der Waals surface area (Å²) in [5.74, 6) is 3.48. The third kappa shape index (κ3) is 4.37. The highest BCUT2D eigenvalue weighted by Crippen LogP contribution is 2.64. The number of nitrogens with one attached hydrogen (secondary N) is 1. The van der Waals surface area contributed by atoms with Crippen molar-refractivity contribution >= 4 is 52.7 Å². The molecule has 1 aromatic carbocycles. The summed E-state index contributed by atoms with van der Waals surface area (Å²) >= 11 is 10.3. The quantitative estimate of drug-likeness (QED) is 0.641. The number of ether oxygens (including phenoxy) is 2. The summed E-state index contributed by atoms with van der Waals surface area (Å²) in [4.78, 5) is 24.9. The molecular weight excluding hydrogens is 430 g/mol. The third-order valence-corrected chi connectivity index (χ3v) is 10.5. The normalized spacial score (nSPS) is 27.4. The molecule has 1 N–H and O–H groups in total. The van der Waals surface area contributed by atoms with E-state index in [0.717, 1.165) is 12.8 Å². The minimum absolute atomic E-state index is 0.0824. The molecule has 8 heteroatoms. The molecule has 1 aromatic rings. The van der Waals surface area contributed by atoms with Gasteiger partial charge >= 0.3 is 5.97 Å². The van der Waals surface area contributed by atoms with E-state index in [0.29, 0.717) is 32.4 Å². The summed E-state index contributed by atoms with van der Waals surface area (Å²) in [7, 11) is 1.53. The fourth-order valence-electron chi connectivity index (χ4n) is 5.00. The first kappa shape index (κ1) is 21.2. The van der Waals surface area contributed by atoms with Crippen LogP contribution in [0.2, 0.25) is 5.02 Å². The van der Waals surface area contributed by atoms with Gasteiger partial charge in [-0.1, -0.05) is 18.0 Å². The molecule has 3 aliphatic rings. The van der Waals surface area contributed by atoms with Crippen molar-refractivity contribution in [3.8, 4) is 5.75 Å². The molecule has 0 aromatic heterocycles. The number of halogens is 1. The molecule has 3 fully saturated rings. The zero-order chi connectivity index (χ0) is 20.4. The van der Waals surface area contributed by atoms with Crippen molar-refractivity contribution < 1.29 is 19.1 Å². The molecule has 1 unspecified atom stereocenters. The van der Waals surface area contributed by atoms with Crippen molar-refractivity contribution in [3.63, 3.8) is 0 Å². The standard InChI is InChI=1S/C21H26ClNO4S2/c1-26-18-6-5-16(11-17(18)22)23-19(24)12-27-20(25)13-9-14-3-2-4-15(10-13)21(14)28-7-8-29-21/h5-6,11,13-15H,2-4,7-10,12H2,1H3,(H,23,24)/t13?,14-,15+. The average Bonchev–Trinajstić information content (AvgIpc) is 3.15. The van der Waals surface area contributed by atoms with Crippen LogP contribution in [0.5, 0.6) is 5.75 Å². The van der Waals surface area contributed by atoms with Gasteiger partial charge in [0.25, 0.3) is 5.91 Å². The van der Waals surface area contributed by atoms with Gasteiger partial charge in [0.05, 0.1) is 22.1 Å². The summed E-state index contributed by atoms with van der Waals surface area (Å²) in [5.41, 5.74) is 0.543. The predicted octanol–water partition coefficient (Wildman–Crippen LogP) is 4.83. The van der Waals surface area contributed by atoms with Crippen LogP contribution in [-0.4, -0.2) is 41.2 Å². The SMILES string of the molecule is COc1ccc(NC(=O)COC(=O)C2C[C@H]3CCC[C@@H](C2)C32SCCS2)cc1Cl. The molecule has 5 nitrogen and oxygen atoms in total. The molecule has 1 saturated heterocycles. The second-order valence-electron chi connectivity index (χ2n) is 7.92. The van der Waals surface area contributed by atoms with E-state index in [1.165, 1.54) is 37.9 Å². The number of rotatable bonds is 5. The van der Waals surface area contributed by atoms with E-state index >= 15 is 0 Å². The maximum atomic E-state index is 12.7. The van der Waals surface area contributed by atoms with Gasteiger partial charge in [0, 0.05) is 17.2 Å². The van der Waals surface area contributed by atoms with Gasteiger partial charge in [0.15, 0.2) is 6.61 Å². The Balaban J connectivity index is 1.30. The third-order valence-electron chi connectivity index (χ3n) is 6.23. The van der Waals surface area contributed by atoms with Crippen molar-refractivity contribution in [1.82, 2.24) is 0 Å². The van der Waals surface area contributed by atoms with Gasteiger partial charge in [-0.3, -0.25) is 9.59 Å². The molecule has 2 bridgehead atoms. The Hall–Kier alpha value is -1.05. The van der Waals surface area contributed by atoms with Gasteiger partial charge < -0.3 is 14.8 Å². The fourth-order valence-corrected chi connectivity index (χ4v) is 9.19. The lowest BCUT2D eigenvalue weighted by atomic mass is 9.67. The van der Waals surface area contributed by atoms with Crippen LogP contribution in [0.1, 0.15) is 32.1 Å². The molecule has 1 heterocycles. The first-order valence-corrected chi connectivity index (χ1v) is 12.4. The Labute approximate surface area is 185 Å². The summed E-state index contributed by atoms with van der Waals surface area (Å²) in [6.45, 7) is -0.275. The first-order chi connectivity index (χ1) is 14.0. The number of amides is 1. The Kier molecular flexibility index (Phi) is 6.56. The van der Waals surface area contributed by atoms with Crippen molar-refractivity contribution in [2.45, 2.75) is 36.2 Å². The first-order valence-electron chi connectivity index (χ1n) is 10.1. The van der Waals surface area contributed by atoms with Gasteiger partial charge in [-0.05, 0) is 55.7 Å². The van der Waals surface area contributed by atoms with Crippen molar-refractivity contribution in [3.05, 3.63) is 23.2 Å². The van der Waals surface area contributed by atoms with Crippen LogP contribution >= 0.6 is 35.1 Å². The smallest absolute Gasteiger partial charge is 0.309 e. The predicted molar refractivity (Wildman–Crippen MR) is 119 cm³/mol. The minimum atomic E-state index is -0.367. The summed E-state index contributed by atoms with van der Waals surface area (Å²) in [6.07, 6.45) is 5.47. The Bertz CT molecular complexity index is 768. The highest BCUT2D eigenvalue weighted by Gasteiger charge is 2.55. The molecule has 4 rings (SSSR count). The fraction of sp³-hybridized carbons (Fsp3) is 0.619. The zero-order valence-electron chi connectivity index (χ0n) is 16.4. The van der Waals surface area contributed by atoms with Crippen molar-refractivity contribution in [1.29, 1.82) is 0 Å². The number of benzene rings is 1. The number of methoxy groups -OCH3 is 1. The summed E-state index contributed by atoms with van der Waals surface area (Å²) in [6, 6.07) is 4.99. The Morgan fingerprint density at radius 3 is 2.52 bits per heavy atom. The number of esters is 1. The summed E-state index contributed by atoms with van der Waals surface area (Å²) < 4.78 is 10.8. The highest BCUT2D eigenvalue weighted by atomic mass is 35.5. The molecular formula is C21H26ClNO4S2. The monoisotopic (exact) mass is 455 g/mol. The van der Waals surface area contributed by atoms with Gasteiger partial charge in [0.2, 0.25) is 0 Å². The van der Waals surface area contributed by atoms with E-state index in [1.807, 2.05) is 0 Å². The van der Waals surface area contributed by atoms with Crippen molar-refractivity contribution in [2.75, 3.05) is 30.5 Å². The molecule has 2 saturated carbocycles. The number of hydrogen-bond acceptors (Lipinski definition) is 6. The highest BCUT2D eigenvalue weighted by molar-refractivity contribution is 8.21. The van der Waals surface area contributed by atoms with Gasteiger partial charge in [-0.15, -0.1) is 23.5 Å². The largest absolute Gasteiger partial charge is 0.495 e. The molecule has 1 amide bonds. The Morgan fingerprint density at radius 2 is 1.90 bits per heavy atom. The van der Waals surface area contributed by atoms with Gasteiger partial charge in [-0.25, -0.2) is 0 Å². The average molecular weight is 456 g/mol. The Morgan fingerprint density at radius 1 is 1.21 bits per heavy atom. The molecule has 158 valence electrons. The van der Waals surface area contributed by atoms with Crippen LogP contribution in [0.3, 0.4) is 0 Å². The maximum Gasteiger partial charge on any atom is 0.309 e. The molecule has 1 spiro atoms. The van der Waals surface area contributed by atoms with E-state index in [4.69, 9.17) is 21.1 Å². The van der Waals surface area contributed by atoms with E-state index in [-0.39, 0.29) is 24.4 Å². The molecule has 0 radical (unpaired) electrons. The van der Waals surface area contributed by atoms with Crippen LogP contribution < -0.4 is 10.1 Å². The minimum Gasteiger partial charge on any atom is -0.495 e. The molecule has 29 heavy (non-hydrogen) atoms. The lowest BCUT2D eigenvalue weighted by Crippen LogP contribution is -2.48. The molecule has 1 aliphatic heterocycles. The van der Waals surface area contributed by atoms with E-state index < -0.39 is 0 Å². The van der Waals surface area contributed by atoms with E-state index in [2.05, 4.69) is 28.8 Å². The molecule has 2 aliphatic carbocycles. The zero-order valence-corrected chi connectivity index (χ0v) is 18.8. The second kappa shape index (κ2) is 8.98. The number of anilines is 1. The number of hydrogen-bond donors (Lipinski definition) is 1.